The lowest BCUT2D eigenvalue weighted by atomic mass is 10.1. The summed E-state index contributed by atoms with van der Waals surface area (Å²) in [5.41, 5.74) is -0.459. The van der Waals surface area contributed by atoms with E-state index in [0.29, 0.717) is 4.31 Å². The minimum atomic E-state index is -3.84. The SMILES string of the molecule is CCS(=O)(=O)N(C)c1oc(-c2cccc(F)c2F)c(O)c1OC(C)=O. The molecule has 10 heteroatoms. The molecule has 0 bridgehead atoms. The van der Waals surface area contributed by atoms with Crippen LogP contribution in [0.4, 0.5) is 14.7 Å². The van der Waals surface area contributed by atoms with Crippen LogP contribution in [-0.4, -0.2) is 32.3 Å². The van der Waals surface area contributed by atoms with Crippen LogP contribution in [0.1, 0.15) is 13.8 Å². The molecule has 0 aliphatic carbocycles. The molecular weight excluding hydrogens is 360 g/mol. The molecule has 1 heterocycles. The minimum Gasteiger partial charge on any atom is -0.502 e. The molecule has 1 aromatic carbocycles. The molecule has 0 saturated heterocycles. The van der Waals surface area contributed by atoms with Gasteiger partial charge in [-0.25, -0.2) is 21.5 Å². The number of furan rings is 1. The number of benzene rings is 1. The first-order chi connectivity index (χ1) is 11.6. The highest BCUT2D eigenvalue weighted by Crippen LogP contribution is 2.48. The molecule has 0 fully saturated rings. The summed E-state index contributed by atoms with van der Waals surface area (Å²) in [6.07, 6.45) is 0. The highest BCUT2D eigenvalue weighted by molar-refractivity contribution is 7.92. The third-order valence-corrected chi connectivity index (χ3v) is 5.06. The lowest BCUT2D eigenvalue weighted by molar-refractivity contribution is -0.132. The zero-order valence-electron chi connectivity index (χ0n) is 13.5. The van der Waals surface area contributed by atoms with Crippen LogP contribution in [0.15, 0.2) is 22.6 Å². The monoisotopic (exact) mass is 375 g/mol. The molecule has 1 N–H and O–H groups in total. The van der Waals surface area contributed by atoms with E-state index in [2.05, 4.69) is 0 Å². The highest BCUT2D eigenvalue weighted by atomic mass is 32.2. The third kappa shape index (κ3) is 3.43. The Morgan fingerprint density at radius 2 is 2.00 bits per heavy atom. The number of halogens is 2. The van der Waals surface area contributed by atoms with Crippen LogP contribution < -0.4 is 9.04 Å². The number of anilines is 1. The first-order valence-corrected chi connectivity index (χ1v) is 8.66. The maximum absolute atomic E-state index is 14.0. The summed E-state index contributed by atoms with van der Waals surface area (Å²) < 4.78 is 62.1. The molecule has 0 aliphatic heterocycles. The fourth-order valence-corrected chi connectivity index (χ4v) is 2.78. The van der Waals surface area contributed by atoms with Gasteiger partial charge in [0.2, 0.25) is 21.5 Å². The van der Waals surface area contributed by atoms with Gasteiger partial charge in [0.05, 0.1) is 11.3 Å². The number of hydrogen-bond acceptors (Lipinski definition) is 6. The van der Waals surface area contributed by atoms with E-state index in [9.17, 15) is 27.1 Å². The van der Waals surface area contributed by atoms with Crippen molar-refractivity contribution in [2.45, 2.75) is 13.8 Å². The van der Waals surface area contributed by atoms with Crippen molar-refractivity contribution in [3.8, 4) is 22.8 Å². The van der Waals surface area contributed by atoms with Crippen molar-refractivity contribution in [1.29, 1.82) is 0 Å². The predicted octanol–water partition coefficient (Wildman–Crippen LogP) is 2.64. The number of esters is 1. The summed E-state index contributed by atoms with van der Waals surface area (Å²) in [7, 11) is -2.74. The largest absolute Gasteiger partial charge is 0.502 e. The number of aromatic hydroxyl groups is 1. The predicted molar refractivity (Wildman–Crippen MR) is 84.9 cm³/mol. The molecule has 2 aromatic rings. The van der Waals surface area contributed by atoms with Crippen molar-refractivity contribution in [3.05, 3.63) is 29.8 Å². The normalized spacial score (nSPS) is 11.4. The Morgan fingerprint density at radius 1 is 1.36 bits per heavy atom. The Balaban J connectivity index is 2.73. The molecule has 136 valence electrons. The molecule has 0 saturated carbocycles. The van der Waals surface area contributed by atoms with Crippen LogP contribution in [0, 0.1) is 11.6 Å². The van der Waals surface area contributed by atoms with Gasteiger partial charge >= 0.3 is 5.97 Å². The van der Waals surface area contributed by atoms with Crippen LogP contribution in [0.5, 0.6) is 11.5 Å². The Morgan fingerprint density at radius 3 is 2.56 bits per heavy atom. The Bertz CT molecular complexity index is 922. The molecule has 0 atom stereocenters. The molecular formula is C15H15F2NO6S. The van der Waals surface area contributed by atoms with E-state index in [1.54, 1.807) is 0 Å². The maximum Gasteiger partial charge on any atom is 0.308 e. The number of carbonyl (C=O) groups excluding carboxylic acids is 1. The van der Waals surface area contributed by atoms with Crippen LogP contribution in [0.25, 0.3) is 11.3 Å². The van der Waals surface area contributed by atoms with Gasteiger partial charge in [0.25, 0.3) is 5.88 Å². The van der Waals surface area contributed by atoms with Gasteiger partial charge in [0.1, 0.15) is 0 Å². The molecule has 0 spiro atoms. The van der Waals surface area contributed by atoms with Crippen molar-refractivity contribution in [2.75, 3.05) is 17.1 Å². The number of ether oxygens (including phenoxy) is 1. The van der Waals surface area contributed by atoms with Crippen molar-refractivity contribution < 1.29 is 36.3 Å². The Labute approximate surface area is 142 Å². The Hall–Kier alpha value is -2.62. The summed E-state index contributed by atoms with van der Waals surface area (Å²) in [4.78, 5) is 11.2. The van der Waals surface area contributed by atoms with Crippen LogP contribution in [-0.2, 0) is 14.8 Å². The summed E-state index contributed by atoms with van der Waals surface area (Å²) in [6.45, 7) is 2.39. The highest BCUT2D eigenvalue weighted by Gasteiger charge is 2.32. The fraction of sp³-hybridized carbons (Fsp3) is 0.267. The standard InChI is InChI=1S/C15H15F2NO6S/c1-4-25(21,22)18(3)15-14(23-8(2)19)12(20)13(24-15)9-6-5-7-10(16)11(9)17/h5-7,20H,4H2,1-3H3. The summed E-state index contributed by atoms with van der Waals surface area (Å²) >= 11 is 0. The second-order valence-corrected chi connectivity index (χ2v) is 7.27. The minimum absolute atomic E-state index is 0.311. The van der Waals surface area contributed by atoms with E-state index >= 15 is 0 Å². The van der Waals surface area contributed by atoms with Gasteiger partial charge in [-0.3, -0.25) is 4.79 Å². The third-order valence-electron chi connectivity index (χ3n) is 3.33. The van der Waals surface area contributed by atoms with Gasteiger partial charge in [0.15, 0.2) is 17.4 Å². The second-order valence-electron chi connectivity index (χ2n) is 4.98. The van der Waals surface area contributed by atoms with Crippen molar-refractivity contribution in [2.24, 2.45) is 0 Å². The van der Waals surface area contributed by atoms with Crippen molar-refractivity contribution >= 4 is 21.9 Å². The average Bonchev–Trinajstić information content (AvgIpc) is 2.85. The van der Waals surface area contributed by atoms with E-state index in [0.717, 1.165) is 26.1 Å². The van der Waals surface area contributed by atoms with Crippen LogP contribution >= 0.6 is 0 Å². The molecule has 0 amide bonds. The van der Waals surface area contributed by atoms with E-state index in [1.165, 1.54) is 13.0 Å². The molecule has 0 aliphatic rings. The molecule has 0 unspecified atom stereocenters. The van der Waals surface area contributed by atoms with Gasteiger partial charge in [-0.05, 0) is 19.1 Å². The molecule has 0 radical (unpaired) electrons. The van der Waals surface area contributed by atoms with E-state index in [1.807, 2.05) is 0 Å². The van der Waals surface area contributed by atoms with Crippen LogP contribution in [0.2, 0.25) is 0 Å². The van der Waals surface area contributed by atoms with E-state index in [-0.39, 0.29) is 5.75 Å². The summed E-state index contributed by atoms with van der Waals surface area (Å²) in [6, 6.07) is 3.15. The lowest BCUT2D eigenvalue weighted by Gasteiger charge is -2.16. The number of carbonyl (C=O) groups is 1. The molecule has 7 nitrogen and oxygen atoms in total. The van der Waals surface area contributed by atoms with Crippen LogP contribution in [0.3, 0.4) is 0 Å². The van der Waals surface area contributed by atoms with E-state index in [4.69, 9.17) is 9.15 Å². The van der Waals surface area contributed by atoms with E-state index < -0.39 is 56.3 Å². The zero-order chi connectivity index (χ0) is 18.9. The summed E-state index contributed by atoms with van der Waals surface area (Å²) in [5, 5.41) is 10.2. The molecule has 25 heavy (non-hydrogen) atoms. The average molecular weight is 375 g/mol. The van der Waals surface area contributed by atoms with Crippen molar-refractivity contribution in [3.63, 3.8) is 0 Å². The van der Waals surface area contributed by atoms with Gasteiger partial charge in [-0.2, -0.15) is 0 Å². The first kappa shape index (κ1) is 18.7. The number of rotatable bonds is 5. The second kappa shape index (κ2) is 6.71. The first-order valence-electron chi connectivity index (χ1n) is 7.05. The van der Waals surface area contributed by atoms with Gasteiger partial charge in [-0.15, -0.1) is 0 Å². The van der Waals surface area contributed by atoms with Crippen molar-refractivity contribution in [1.82, 2.24) is 0 Å². The van der Waals surface area contributed by atoms with Gasteiger partial charge in [0, 0.05) is 14.0 Å². The smallest absolute Gasteiger partial charge is 0.308 e. The lowest BCUT2D eigenvalue weighted by Crippen LogP contribution is -2.28. The fourth-order valence-electron chi connectivity index (χ4n) is 2.02. The molecule has 1 aromatic heterocycles. The quantitative estimate of drug-likeness (QED) is 0.807. The van der Waals surface area contributed by atoms with Gasteiger partial charge < -0.3 is 14.3 Å². The maximum atomic E-state index is 14.0. The number of hydrogen-bond donors (Lipinski definition) is 1. The summed E-state index contributed by atoms with van der Waals surface area (Å²) in [5.74, 6) is -6.22. The Kier molecular flexibility index (Phi) is 5.02. The zero-order valence-corrected chi connectivity index (χ0v) is 14.4. The number of nitrogens with zero attached hydrogens (tertiary/aromatic N) is 1. The molecule has 2 rings (SSSR count). The number of sulfonamides is 1. The topological polar surface area (TPSA) is 97.1 Å². The van der Waals surface area contributed by atoms with Gasteiger partial charge in [-0.1, -0.05) is 6.07 Å².